The molecule has 0 aliphatic carbocycles. The molecule has 4 rings (SSSR count). The molecule has 34 heavy (non-hydrogen) atoms. The number of non-ortho nitro benzene ring substituents is 1. The first-order chi connectivity index (χ1) is 16.1. The van der Waals surface area contributed by atoms with Crippen LogP contribution >= 0.6 is 11.3 Å². The van der Waals surface area contributed by atoms with E-state index in [2.05, 4.69) is 10.3 Å². The van der Waals surface area contributed by atoms with Crippen LogP contribution in [0.3, 0.4) is 0 Å². The minimum atomic E-state index is -4.67. The zero-order chi connectivity index (χ0) is 24.6. The number of nitro benzene ring substituents is 1. The Kier molecular flexibility index (Phi) is 5.92. The Morgan fingerprint density at radius 1 is 1.18 bits per heavy atom. The van der Waals surface area contributed by atoms with Gasteiger partial charge in [-0.05, 0) is 36.8 Å². The molecule has 0 radical (unpaired) electrons. The monoisotopic (exact) mass is 488 g/mol. The first-order valence-electron chi connectivity index (χ1n) is 9.78. The second-order valence-electron chi connectivity index (χ2n) is 7.30. The molecule has 0 fully saturated rings. The van der Waals surface area contributed by atoms with Crippen LogP contribution in [0.15, 0.2) is 65.0 Å². The summed E-state index contributed by atoms with van der Waals surface area (Å²) in [4.78, 5) is 41.0. The lowest BCUT2D eigenvalue weighted by molar-refractivity contribution is -0.384. The zero-order valence-electron chi connectivity index (χ0n) is 17.4. The molecule has 1 atom stereocenters. The van der Waals surface area contributed by atoms with Crippen LogP contribution in [0.2, 0.25) is 0 Å². The average molecular weight is 488 g/mol. The van der Waals surface area contributed by atoms with Gasteiger partial charge in [0.2, 0.25) is 5.91 Å². The number of benzene rings is 2. The number of nitro groups is 1. The number of thiophene rings is 1. The fraction of sp³-hybridized carbons (Fsp3) is 0.136. The summed E-state index contributed by atoms with van der Waals surface area (Å²) in [5.41, 5.74) is -1.07. The Hall–Kier alpha value is -4.06. The van der Waals surface area contributed by atoms with E-state index in [1.165, 1.54) is 61.0 Å². The molecule has 0 aliphatic heterocycles. The fourth-order valence-corrected chi connectivity index (χ4v) is 4.31. The maximum atomic E-state index is 13.2. The van der Waals surface area contributed by atoms with E-state index >= 15 is 0 Å². The Morgan fingerprint density at radius 2 is 1.85 bits per heavy atom. The van der Waals surface area contributed by atoms with Crippen molar-refractivity contribution in [3.8, 4) is 11.1 Å². The van der Waals surface area contributed by atoms with E-state index in [9.17, 15) is 32.9 Å². The second-order valence-corrected chi connectivity index (χ2v) is 8.16. The van der Waals surface area contributed by atoms with Gasteiger partial charge in [0.15, 0.2) is 0 Å². The molecule has 2 aromatic carbocycles. The van der Waals surface area contributed by atoms with Gasteiger partial charge in [-0.15, -0.1) is 11.3 Å². The van der Waals surface area contributed by atoms with Gasteiger partial charge < -0.3 is 5.32 Å². The molecule has 0 spiro atoms. The molecule has 12 heteroatoms. The predicted molar refractivity (Wildman–Crippen MR) is 121 cm³/mol. The first kappa shape index (κ1) is 23.1. The number of halogens is 3. The van der Waals surface area contributed by atoms with E-state index in [-0.39, 0.29) is 11.1 Å². The summed E-state index contributed by atoms with van der Waals surface area (Å²) >= 11 is 1.19. The molecule has 1 N–H and O–H groups in total. The smallest absolute Gasteiger partial charge is 0.324 e. The highest BCUT2D eigenvalue weighted by molar-refractivity contribution is 7.17. The van der Waals surface area contributed by atoms with Crippen LogP contribution in [0.5, 0.6) is 0 Å². The summed E-state index contributed by atoms with van der Waals surface area (Å²) in [6.45, 7) is 1.37. The van der Waals surface area contributed by atoms with E-state index in [1.54, 1.807) is 5.38 Å². The van der Waals surface area contributed by atoms with Gasteiger partial charge in [0.25, 0.3) is 11.2 Å². The van der Waals surface area contributed by atoms with Crippen LogP contribution < -0.4 is 10.9 Å². The van der Waals surface area contributed by atoms with Crippen LogP contribution in [0.1, 0.15) is 18.5 Å². The third kappa shape index (κ3) is 4.27. The molecule has 0 aliphatic rings. The van der Waals surface area contributed by atoms with Crippen molar-refractivity contribution in [1.29, 1.82) is 0 Å². The fourth-order valence-electron chi connectivity index (χ4n) is 3.40. The van der Waals surface area contributed by atoms with Crippen molar-refractivity contribution in [3.63, 3.8) is 0 Å². The molecule has 8 nitrogen and oxygen atoms in total. The van der Waals surface area contributed by atoms with E-state index in [0.717, 1.165) is 16.7 Å². The lowest BCUT2D eigenvalue weighted by Gasteiger charge is -2.17. The average Bonchev–Trinajstić information content (AvgIpc) is 3.23. The molecule has 0 saturated carbocycles. The van der Waals surface area contributed by atoms with Crippen molar-refractivity contribution >= 4 is 38.8 Å². The van der Waals surface area contributed by atoms with E-state index in [4.69, 9.17) is 0 Å². The Balaban J connectivity index is 1.70. The second kappa shape index (κ2) is 8.71. The SMILES string of the molecule is CC(C(=O)Nc1ccccc1C(F)(F)F)n1cnc2scc(-c3ccc([N+](=O)[O-])cc3)c2c1=O. The molecular weight excluding hydrogens is 473 g/mol. The number of hydrogen-bond donors (Lipinski definition) is 1. The number of anilines is 1. The normalized spacial score (nSPS) is 12.5. The lowest BCUT2D eigenvalue weighted by atomic mass is 10.1. The minimum absolute atomic E-state index is 0.108. The van der Waals surface area contributed by atoms with Crippen molar-refractivity contribution < 1.29 is 22.9 Å². The van der Waals surface area contributed by atoms with Crippen LogP contribution in [-0.2, 0) is 11.0 Å². The Morgan fingerprint density at radius 3 is 2.50 bits per heavy atom. The first-order valence-corrected chi connectivity index (χ1v) is 10.7. The van der Waals surface area contributed by atoms with Crippen molar-refractivity contribution in [2.75, 3.05) is 5.32 Å². The third-order valence-electron chi connectivity index (χ3n) is 5.20. The van der Waals surface area contributed by atoms with Crippen LogP contribution in [0, 0.1) is 10.1 Å². The number of fused-ring (bicyclic) bond motifs is 1. The summed E-state index contributed by atoms with van der Waals surface area (Å²) < 4.78 is 40.8. The maximum absolute atomic E-state index is 13.2. The van der Waals surface area contributed by atoms with Gasteiger partial charge in [0.1, 0.15) is 10.9 Å². The van der Waals surface area contributed by atoms with Gasteiger partial charge in [-0.25, -0.2) is 4.98 Å². The number of carbonyl (C=O) groups excluding carboxylic acids is 1. The largest absolute Gasteiger partial charge is 0.418 e. The summed E-state index contributed by atoms with van der Waals surface area (Å²) in [5.74, 6) is -0.827. The van der Waals surface area contributed by atoms with Crippen LogP contribution in [-0.4, -0.2) is 20.4 Å². The predicted octanol–water partition coefficient (Wildman–Crippen LogP) is 5.25. The van der Waals surface area contributed by atoms with Gasteiger partial charge in [-0.1, -0.05) is 12.1 Å². The zero-order valence-corrected chi connectivity index (χ0v) is 18.2. The van der Waals surface area contributed by atoms with Crippen molar-refractivity contribution in [1.82, 2.24) is 9.55 Å². The van der Waals surface area contributed by atoms with Crippen molar-refractivity contribution in [2.24, 2.45) is 0 Å². The molecule has 2 heterocycles. The number of nitrogens with zero attached hydrogens (tertiary/aromatic N) is 3. The molecule has 1 amide bonds. The highest BCUT2D eigenvalue weighted by atomic mass is 32.1. The highest BCUT2D eigenvalue weighted by Gasteiger charge is 2.34. The maximum Gasteiger partial charge on any atom is 0.418 e. The molecular formula is C22H15F3N4O4S. The molecule has 0 saturated heterocycles. The number of hydrogen-bond acceptors (Lipinski definition) is 6. The quantitative estimate of drug-likeness (QED) is 0.305. The third-order valence-corrected chi connectivity index (χ3v) is 6.08. The number of carbonyl (C=O) groups is 1. The van der Waals surface area contributed by atoms with Crippen molar-refractivity contribution in [2.45, 2.75) is 19.1 Å². The van der Waals surface area contributed by atoms with E-state index < -0.39 is 39.9 Å². The topological polar surface area (TPSA) is 107 Å². The Bertz CT molecular complexity index is 1460. The van der Waals surface area contributed by atoms with Crippen LogP contribution in [0.25, 0.3) is 21.3 Å². The van der Waals surface area contributed by atoms with E-state index in [1.807, 2.05) is 0 Å². The minimum Gasteiger partial charge on any atom is -0.324 e. The molecule has 2 aromatic heterocycles. The van der Waals surface area contributed by atoms with Gasteiger partial charge >= 0.3 is 6.18 Å². The summed E-state index contributed by atoms with van der Waals surface area (Å²) in [5, 5.41) is 15.0. The van der Waals surface area contributed by atoms with Gasteiger partial charge in [0, 0.05) is 23.1 Å². The van der Waals surface area contributed by atoms with Gasteiger partial charge in [0.05, 0.1) is 27.9 Å². The molecule has 4 aromatic rings. The molecule has 0 bridgehead atoms. The number of para-hydroxylation sites is 1. The summed E-state index contributed by atoms with van der Waals surface area (Å²) in [6.07, 6.45) is -3.50. The number of rotatable bonds is 5. The number of amides is 1. The number of nitrogens with one attached hydrogen (secondary N) is 1. The standard InChI is InChI=1S/C22H15F3N4O4S/c1-12(19(30)27-17-5-3-2-4-16(17)22(23,24)25)28-11-26-20-18(21(28)31)15(10-34-20)13-6-8-14(9-7-13)29(32)33/h2-12H,1H3,(H,27,30). The van der Waals surface area contributed by atoms with Crippen molar-refractivity contribution in [3.05, 3.63) is 86.3 Å². The summed E-state index contributed by atoms with van der Waals surface area (Å²) in [7, 11) is 0. The van der Waals surface area contributed by atoms with Gasteiger partial charge in [-0.3, -0.25) is 24.3 Å². The van der Waals surface area contributed by atoms with E-state index in [0.29, 0.717) is 16.0 Å². The number of aromatic nitrogens is 2. The summed E-state index contributed by atoms with van der Waals surface area (Å²) in [6, 6.07) is 8.99. The Labute approximate surface area is 193 Å². The van der Waals surface area contributed by atoms with Crippen LogP contribution in [0.4, 0.5) is 24.5 Å². The molecule has 1 unspecified atom stereocenters. The highest BCUT2D eigenvalue weighted by Crippen LogP contribution is 2.35. The lowest BCUT2D eigenvalue weighted by Crippen LogP contribution is -2.32. The number of alkyl halides is 3. The molecule has 174 valence electrons. The van der Waals surface area contributed by atoms with Gasteiger partial charge in [-0.2, -0.15) is 13.2 Å².